The highest BCUT2D eigenvalue weighted by molar-refractivity contribution is 6.31. The van der Waals surface area contributed by atoms with Crippen LogP contribution in [0.2, 0.25) is 5.02 Å². The number of hydrogen-bond acceptors (Lipinski definition) is 5. The van der Waals surface area contributed by atoms with E-state index in [1.54, 1.807) is 32.4 Å². The molecule has 1 aliphatic heterocycles. The van der Waals surface area contributed by atoms with Gasteiger partial charge in [0.25, 0.3) is 0 Å². The molecule has 2 unspecified atom stereocenters. The number of benzene rings is 3. The van der Waals surface area contributed by atoms with E-state index in [4.69, 9.17) is 21.1 Å². The molecular formula is C28H33ClN4O3. The monoisotopic (exact) mass is 508 g/mol. The lowest BCUT2D eigenvalue weighted by Crippen LogP contribution is -2.40. The summed E-state index contributed by atoms with van der Waals surface area (Å²) in [6, 6.07) is 21.5. The first kappa shape index (κ1) is 25.8. The normalized spacial score (nSPS) is 17.0. The summed E-state index contributed by atoms with van der Waals surface area (Å²) in [5, 5.41) is 3.53. The van der Waals surface area contributed by atoms with E-state index in [2.05, 4.69) is 59.5 Å². The molecule has 2 atom stereocenters. The van der Waals surface area contributed by atoms with Crippen molar-refractivity contribution in [2.75, 3.05) is 32.6 Å². The molecule has 0 saturated carbocycles. The Morgan fingerprint density at radius 3 is 2.42 bits per heavy atom. The van der Waals surface area contributed by atoms with Gasteiger partial charge in [0, 0.05) is 30.6 Å². The summed E-state index contributed by atoms with van der Waals surface area (Å²) in [6.07, 6.45) is 0.974. The average molecular weight is 509 g/mol. The number of amides is 2. The molecule has 0 spiro atoms. The lowest BCUT2D eigenvalue weighted by Gasteiger charge is -2.29. The Morgan fingerprint density at radius 2 is 1.75 bits per heavy atom. The molecule has 3 aromatic carbocycles. The van der Waals surface area contributed by atoms with Crippen LogP contribution in [0.4, 0.5) is 10.5 Å². The third-order valence-electron chi connectivity index (χ3n) is 6.52. The van der Waals surface area contributed by atoms with E-state index in [-0.39, 0.29) is 18.0 Å². The van der Waals surface area contributed by atoms with Gasteiger partial charge in [-0.3, -0.25) is 5.43 Å². The van der Waals surface area contributed by atoms with Crippen molar-refractivity contribution in [2.45, 2.75) is 25.9 Å². The summed E-state index contributed by atoms with van der Waals surface area (Å²) >= 11 is 6.20. The summed E-state index contributed by atoms with van der Waals surface area (Å²) < 4.78 is 10.7. The van der Waals surface area contributed by atoms with Crippen LogP contribution in [0.25, 0.3) is 0 Å². The van der Waals surface area contributed by atoms with Gasteiger partial charge in [-0.1, -0.05) is 54.9 Å². The van der Waals surface area contributed by atoms with E-state index in [1.807, 2.05) is 17.0 Å². The zero-order valence-electron chi connectivity index (χ0n) is 20.9. The number of carbonyl (C=O) groups excluding carboxylic acids is 1. The Labute approximate surface area is 217 Å². The van der Waals surface area contributed by atoms with Crippen molar-refractivity contribution in [1.29, 1.82) is 0 Å². The number of nitrogens with zero attached hydrogens (tertiary/aromatic N) is 1. The highest BCUT2D eigenvalue weighted by Gasteiger charge is 2.31. The number of aryl methyl sites for hydroxylation is 1. The van der Waals surface area contributed by atoms with Crippen LogP contribution in [-0.4, -0.2) is 38.2 Å². The van der Waals surface area contributed by atoms with Crippen molar-refractivity contribution in [1.82, 2.24) is 15.8 Å². The predicted octanol–water partition coefficient (Wildman–Crippen LogP) is 5.42. The molecule has 0 aliphatic carbocycles. The molecule has 0 aromatic heterocycles. The molecule has 1 fully saturated rings. The lowest BCUT2D eigenvalue weighted by atomic mass is 9.94. The number of anilines is 1. The Morgan fingerprint density at radius 1 is 1.03 bits per heavy atom. The van der Waals surface area contributed by atoms with Crippen LogP contribution < -0.4 is 25.6 Å². The minimum Gasteiger partial charge on any atom is -0.497 e. The van der Waals surface area contributed by atoms with Crippen molar-refractivity contribution in [3.8, 4) is 11.5 Å². The van der Waals surface area contributed by atoms with Crippen molar-refractivity contribution < 1.29 is 14.3 Å². The van der Waals surface area contributed by atoms with Crippen LogP contribution >= 0.6 is 11.6 Å². The number of carbonyl (C=O) groups is 1. The SMILES string of the molecule is CCc1ccc(CN(CC2CNNC2c2ccc(OC)cc2)C(=O)Nc2cc(Cl)ccc2OC)cc1. The molecule has 8 heteroatoms. The summed E-state index contributed by atoms with van der Waals surface area (Å²) in [4.78, 5) is 15.4. The maximum absolute atomic E-state index is 13.6. The standard InChI is InChI=1S/C28H33ClN4O3/c1-4-19-5-7-20(8-6-19)17-33(28(34)31-25-15-23(29)11-14-26(25)36-3)18-22-16-30-32-27(22)21-9-12-24(35-2)13-10-21/h5-15,22,27,30,32H,4,16-18H2,1-3H3,(H,31,34). The highest BCUT2D eigenvalue weighted by atomic mass is 35.5. The predicted molar refractivity (Wildman–Crippen MR) is 144 cm³/mol. The number of halogens is 1. The number of ether oxygens (including phenoxy) is 2. The summed E-state index contributed by atoms with van der Waals surface area (Å²) in [6.45, 7) is 3.88. The zero-order valence-corrected chi connectivity index (χ0v) is 21.6. The average Bonchev–Trinajstić information content (AvgIpc) is 3.37. The van der Waals surface area contributed by atoms with Crippen LogP contribution in [0.15, 0.2) is 66.7 Å². The zero-order chi connectivity index (χ0) is 25.5. The molecule has 4 rings (SSSR count). The van der Waals surface area contributed by atoms with E-state index < -0.39 is 0 Å². The Kier molecular flexibility index (Phi) is 8.70. The lowest BCUT2D eigenvalue weighted by molar-refractivity contribution is 0.196. The third kappa shape index (κ3) is 6.29. The molecule has 3 aromatic rings. The smallest absolute Gasteiger partial charge is 0.322 e. The fourth-order valence-corrected chi connectivity index (χ4v) is 4.62. The molecule has 2 amide bonds. The Bertz CT molecular complexity index is 1150. The first-order valence-electron chi connectivity index (χ1n) is 12.1. The second-order valence-electron chi connectivity index (χ2n) is 8.86. The van der Waals surface area contributed by atoms with Crippen molar-refractivity contribution in [2.24, 2.45) is 5.92 Å². The molecule has 3 N–H and O–H groups in total. The molecule has 190 valence electrons. The minimum atomic E-state index is -0.212. The number of urea groups is 1. The van der Waals surface area contributed by atoms with Gasteiger partial charge in [0.1, 0.15) is 11.5 Å². The molecule has 1 heterocycles. The van der Waals surface area contributed by atoms with E-state index in [0.29, 0.717) is 29.5 Å². The van der Waals surface area contributed by atoms with Gasteiger partial charge in [0.15, 0.2) is 0 Å². The van der Waals surface area contributed by atoms with Gasteiger partial charge < -0.3 is 19.7 Å². The number of nitrogens with one attached hydrogen (secondary N) is 3. The highest BCUT2D eigenvalue weighted by Crippen LogP contribution is 2.30. The minimum absolute atomic E-state index is 0.0504. The van der Waals surface area contributed by atoms with Gasteiger partial charge in [-0.05, 0) is 53.4 Å². The third-order valence-corrected chi connectivity index (χ3v) is 6.75. The quantitative estimate of drug-likeness (QED) is 0.360. The van der Waals surface area contributed by atoms with Gasteiger partial charge in [-0.15, -0.1) is 0 Å². The molecule has 1 aliphatic rings. The van der Waals surface area contributed by atoms with E-state index in [0.717, 1.165) is 29.8 Å². The van der Waals surface area contributed by atoms with E-state index in [1.165, 1.54) is 5.56 Å². The summed E-state index contributed by atoms with van der Waals surface area (Å²) in [7, 11) is 3.23. The molecule has 0 radical (unpaired) electrons. The Hall–Kier alpha value is -3.26. The first-order chi connectivity index (χ1) is 17.5. The fourth-order valence-electron chi connectivity index (χ4n) is 4.45. The van der Waals surface area contributed by atoms with Gasteiger partial charge in [-0.25, -0.2) is 10.2 Å². The molecule has 0 bridgehead atoms. The molecule has 36 heavy (non-hydrogen) atoms. The number of methoxy groups -OCH3 is 2. The van der Waals surface area contributed by atoms with E-state index in [9.17, 15) is 4.79 Å². The molecule has 7 nitrogen and oxygen atoms in total. The van der Waals surface area contributed by atoms with Crippen LogP contribution in [0, 0.1) is 5.92 Å². The number of hydrogen-bond donors (Lipinski definition) is 3. The Balaban J connectivity index is 1.57. The van der Waals surface area contributed by atoms with Crippen molar-refractivity contribution in [3.63, 3.8) is 0 Å². The van der Waals surface area contributed by atoms with Crippen molar-refractivity contribution in [3.05, 3.63) is 88.4 Å². The maximum atomic E-state index is 13.6. The first-order valence-corrected chi connectivity index (χ1v) is 12.5. The van der Waals surface area contributed by atoms with Gasteiger partial charge in [0.05, 0.1) is 25.9 Å². The van der Waals surface area contributed by atoms with E-state index >= 15 is 0 Å². The van der Waals surface area contributed by atoms with Crippen LogP contribution in [0.3, 0.4) is 0 Å². The number of hydrazine groups is 1. The maximum Gasteiger partial charge on any atom is 0.322 e. The van der Waals surface area contributed by atoms with Gasteiger partial charge in [0.2, 0.25) is 0 Å². The number of rotatable bonds is 9. The molecule has 1 saturated heterocycles. The summed E-state index contributed by atoms with van der Waals surface area (Å²) in [5.41, 5.74) is 10.7. The van der Waals surface area contributed by atoms with Crippen LogP contribution in [0.1, 0.15) is 29.7 Å². The summed E-state index contributed by atoms with van der Waals surface area (Å²) in [5.74, 6) is 1.52. The molecular weight excluding hydrogens is 476 g/mol. The van der Waals surface area contributed by atoms with Gasteiger partial charge in [-0.2, -0.15) is 0 Å². The second-order valence-corrected chi connectivity index (χ2v) is 9.30. The fraction of sp³-hybridized carbons (Fsp3) is 0.321. The van der Waals surface area contributed by atoms with Crippen LogP contribution in [-0.2, 0) is 13.0 Å². The topological polar surface area (TPSA) is 74.9 Å². The van der Waals surface area contributed by atoms with Crippen LogP contribution in [0.5, 0.6) is 11.5 Å². The second kappa shape index (κ2) is 12.1. The largest absolute Gasteiger partial charge is 0.497 e. The van der Waals surface area contributed by atoms with Crippen molar-refractivity contribution >= 4 is 23.3 Å². The van der Waals surface area contributed by atoms with Gasteiger partial charge >= 0.3 is 6.03 Å².